The van der Waals surface area contributed by atoms with E-state index >= 15 is 0 Å². The zero-order valence-electron chi connectivity index (χ0n) is 28.6. The van der Waals surface area contributed by atoms with E-state index in [0.29, 0.717) is 0 Å². The van der Waals surface area contributed by atoms with Crippen molar-refractivity contribution >= 4 is 21.8 Å². The number of rotatable bonds is 7. The molecule has 5 nitrogen and oxygen atoms in total. The summed E-state index contributed by atoms with van der Waals surface area (Å²) < 4.78 is 11.0. The van der Waals surface area contributed by atoms with E-state index in [1.54, 1.807) is 0 Å². The first-order valence-corrected chi connectivity index (χ1v) is 16.6. The average Bonchev–Trinajstić information content (AvgIpc) is 3.58. The molecule has 3 heterocycles. The summed E-state index contributed by atoms with van der Waals surface area (Å²) in [5.74, 6) is 2.95. The van der Waals surface area contributed by atoms with Gasteiger partial charge in [0.15, 0.2) is 0 Å². The maximum absolute atomic E-state index is 6.61. The highest BCUT2D eigenvalue weighted by Gasteiger charge is 2.26. The minimum absolute atomic E-state index is 0.259. The average molecular weight is 619 g/mol. The lowest BCUT2D eigenvalue weighted by atomic mass is 9.87. The molecule has 5 heteroatoms. The lowest BCUT2D eigenvalue weighted by Crippen LogP contribution is -2.05. The number of nitrogens with zero attached hydrogens (tertiary/aromatic N) is 4. The highest BCUT2D eigenvalue weighted by atomic mass is 16.5. The summed E-state index contributed by atoms with van der Waals surface area (Å²) in [6, 6.07) is 31.8. The molecule has 7 aromatic rings. The van der Waals surface area contributed by atoms with Crippen LogP contribution in [-0.2, 0) is 0 Å². The van der Waals surface area contributed by atoms with Crippen LogP contribution in [0.25, 0.3) is 44.4 Å². The fourth-order valence-electron chi connectivity index (χ4n) is 7.13. The Morgan fingerprint density at radius 3 is 2.06 bits per heavy atom. The van der Waals surface area contributed by atoms with Gasteiger partial charge in [0.25, 0.3) is 0 Å². The SMILES string of the molecule is Cc1ccnc(-n2c3ccccc3c3ccc(Oc4cccc(-n5nc(C(C)C)c(-c6c(C)cc(C)cc6C)c5C(C)C)c4)cc32)c1. The molecule has 0 atom stereocenters. The van der Waals surface area contributed by atoms with Crippen LogP contribution < -0.4 is 4.74 Å². The summed E-state index contributed by atoms with van der Waals surface area (Å²) in [6.45, 7) is 17.7. The molecule has 0 aliphatic heterocycles. The fourth-order valence-corrected chi connectivity index (χ4v) is 7.13. The maximum atomic E-state index is 6.61. The zero-order valence-corrected chi connectivity index (χ0v) is 28.6. The van der Waals surface area contributed by atoms with Crippen molar-refractivity contribution in [2.45, 2.75) is 67.2 Å². The van der Waals surface area contributed by atoms with Crippen LogP contribution in [0.4, 0.5) is 0 Å². The molecule has 0 radical (unpaired) electrons. The molecular formula is C42H42N4O. The Hall–Kier alpha value is -5.16. The smallest absolute Gasteiger partial charge is 0.137 e. The highest BCUT2D eigenvalue weighted by Crippen LogP contribution is 2.41. The van der Waals surface area contributed by atoms with Crippen LogP contribution in [0.1, 0.15) is 73.2 Å². The van der Waals surface area contributed by atoms with Crippen molar-refractivity contribution in [2.24, 2.45) is 0 Å². The van der Waals surface area contributed by atoms with Crippen molar-refractivity contribution in [1.82, 2.24) is 19.3 Å². The number of aromatic nitrogens is 4. The minimum atomic E-state index is 0.259. The molecule has 0 N–H and O–H groups in total. The van der Waals surface area contributed by atoms with Gasteiger partial charge in [-0.3, -0.25) is 4.57 Å². The number of aryl methyl sites for hydroxylation is 4. The van der Waals surface area contributed by atoms with E-state index in [4.69, 9.17) is 14.8 Å². The molecule has 0 amide bonds. The van der Waals surface area contributed by atoms with Gasteiger partial charge in [-0.1, -0.05) is 69.7 Å². The molecule has 0 fully saturated rings. The molecule has 0 aliphatic carbocycles. The second-order valence-corrected chi connectivity index (χ2v) is 13.5. The second kappa shape index (κ2) is 11.9. The third kappa shape index (κ3) is 5.40. The summed E-state index contributed by atoms with van der Waals surface area (Å²) in [7, 11) is 0. The maximum Gasteiger partial charge on any atom is 0.137 e. The summed E-state index contributed by atoms with van der Waals surface area (Å²) in [4.78, 5) is 4.73. The lowest BCUT2D eigenvalue weighted by molar-refractivity contribution is 0.482. The molecule has 236 valence electrons. The van der Waals surface area contributed by atoms with Crippen LogP contribution in [0.2, 0.25) is 0 Å². The van der Waals surface area contributed by atoms with Gasteiger partial charge in [0.2, 0.25) is 0 Å². The van der Waals surface area contributed by atoms with Gasteiger partial charge in [-0.05, 0) is 104 Å². The number of ether oxygens (including phenoxy) is 1. The normalized spacial score (nSPS) is 11.8. The minimum Gasteiger partial charge on any atom is -0.457 e. The molecule has 0 aliphatic rings. The summed E-state index contributed by atoms with van der Waals surface area (Å²) in [6.07, 6.45) is 1.87. The Balaban J connectivity index is 1.34. The first-order valence-electron chi connectivity index (χ1n) is 16.6. The van der Waals surface area contributed by atoms with E-state index in [-0.39, 0.29) is 11.8 Å². The van der Waals surface area contributed by atoms with Gasteiger partial charge in [0.05, 0.1) is 28.1 Å². The first-order chi connectivity index (χ1) is 22.6. The van der Waals surface area contributed by atoms with Crippen molar-refractivity contribution in [3.63, 3.8) is 0 Å². The lowest BCUT2D eigenvalue weighted by Gasteiger charge is -2.18. The van der Waals surface area contributed by atoms with Gasteiger partial charge in [-0.15, -0.1) is 0 Å². The fraction of sp³-hybridized carbons (Fsp3) is 0.238. The predicted octanol–water partition coefficient (Wildman–Crippen LogP) is 11.3. The monoisotopic (exact) mass is 618 g/mol. The van der Waals surface area contributed by atoms with Gasteiger partial charge in [0.1, 0.15) is 17.3 Å². The van der Waals surface area contributed by atoms with Crippen LogP contribution in [0.3, 0.4) is 0 Å². The molecule has 0 spiro atoms. The van der Waals surface area contributed by atoms with Crippen LogP contribution in [0, 0.1) is 27.7 Å². The van der Waals surface area contributed by atoms with E-state index in [2.05, 4.69) is 144 Å². The van der Waals surface area contributed by atoms with Crippen molar-refractivity contribution in [3.8, 4) is 34.1 Å². The van der Waals surface area contributed by atoms with Crippen LogP contribution in [0.15, 0.2) is 97.2 Å². The molecule has 0 saturated heterocycles. The predicted molar refractivity (Wildman–Crippen MR) is 195 cm³/mol. The van der Waals surface area contributed by atoms with Crippen molar-refractivity contribution in [1.29, 1.82) is 0 Å². The summed E-state index contributed by atoms with van der Waals surface area (Å²) >= 11 is 0. The Bertz CT molecular complexity index is 2260. The van der Waals surface area contributed by atoms with Crippen LogP contribution >= 0.6 is 0 Å². The third-order valence-electron chi connectivity index (χ3n) is 9.04. The van der Waals surface area contributed by atoms with Crippen molar-refractivity contribution in [3.05, 3.63) is 131 Å². The molecule has 4 aromatic carbocycles. The largest absolute Gasteiger partial charge is 0.457 e. The highest BCUT2D eigenvalue weighted by molar-refractivity contribution is 6.09. The Kier molecular flexibility index (Phi) is 7.71. The van der Waals surface area contributed by atoms with Crippen molar-refractivity contribution in [2.75, 3.05) is 0 Å². The Labute approximate surface area is 277 Å². The van der Waals surface area contributed by atoms with Gasteiger partial charge in [-0.25, -0.2) is 9.67 Å². The van der Waals surface area contributed by atoms with E-state index in [9.17, 15) is 0 Å². The van der Waals surface area contributed by atoms with Crippen LogP contribution in [0.5, 0.6) is 11.5 Å². The molecule has 0 bridgehead atoms. The van der Waals surface area contributed by atoms with E-state index in [1.165, 1.54) is 49.8 Å². The van der Waals surface area contributed by atoms with Gasteiger partial charge in [-0.2, -0.15) is 5.10 Å². The molecule has 0 saturated carbocycles. The Morgan fingerprint density at radius 1 is 0.617 bits per heavy atom. The standard InChI is InChI=1S/C42H42N4O/c1-25(2)41-40(39-29(7)20-28(6)21-30(39)8)42(26(3)4)46(44-41)31-12-11-13-32(23-31)47-33-16-17-35-34-14-9-10-15-36(34)45(37(35)24-33)38-22-27(5)18-19-43-38/h9-26H,1-8H3. The summed E-state index contributed by atoms with van der Waals surface area (Å²) in [5, 5.41) is 7.65. The van der Waals surface area contributed by atoms with Gasteiger partial charge >= 0.3 is 0 Å². The zero-order chi connectivity index (χ0) is 33.0. The number of hydrogen-bond acceptors (Lipinski definition) is 3. The van der Waals surface area contributed by atoms with Crippen LogP contribution in [-0.4, -0.2) is 19.3 Å². The topological polar surface area (TPSA) is 44.9 Å². The third-order valence-corrected chi connectivity index (χ3v) is 9.04. The number of para-hydroxylation sites is 1. The van der Waals surface area contributed by atoms with Crippen molar-refractivity contribution < 1.29 is 4.74 Å². The molecule has 3 aromatic heterocycles. The number of hydrogen-bond donors (Lipinski definition) is 0. The van der Waals surface area contributed by atoms with E-state index in [0.717, 1.165) is 39.7 Å². The van der Waals surface area contributed by atoms with E-state index in [1.807, 2.05) is 18.3 Å². The summed E-state index contributed by atoms with van der Waals surface area (Å²) in [5.41, 5.74) is 13.1. The molecule has 0 unspecified atom stereocenters. The van der Waals surface area contributed by atoms with Gasteiger partial charge in [0, 0.05) is 34.7 Å². The second-order valence-electron chi connectivity index (χ2n) is 13.5. The Morgan fingerprint density at radius 2 is 1.34 bits per heavy atom. The quantitative estimate of drug-likeness (QED) is 0.178. The molecular weight excluding hydrogens is 576 g/mol. The number of pyridine rings is 1. The number of fused-ring (bicyclic) bond motifs is 3. The van der Waals surface area contributed by atoms with E-state index < -0.39 is 0 Å². The first kappa shape index (κ1) is 30.5. The number of benzene rings is 4. The molecule has 47 heavy (non-hydrogen) atoms. The molecule has 7 rings (SSSR count). The van der Waals surface area contributed by atoms with Gasteiger partial charge < -0.3 is 4.74 Å².